The molecule has 0 bridgehead atoms. The fourth-order valence-electron chi connectivity index (χ4n) is 3.48. The van der Waals surface area contributed by atoms with E-state index in [9.17, 15) is 14.0 Å². The molecule has 3 rings (SSSR count). The topological polar surface area (TPSA) is 118 Å². The van der Waals surface area contributed by atoms with Gasteiger partial charge in [-0.3, -0.25) is 9.59 Å². The van der Waals surface area contributed by atoms with Gasteiger partial charge in [-0.1, -0.05) is 18.8 Å². The van der Waals surface area contributed by atoms with Gasteiger partial charge in [-0.15, -0.1) is 0 Å². The van der Waals surface area contributed by atoms with Gasteiger partial charge >= 0.3 is 0 Å². The Labute approximate surface area is 185 Å². The van der Waals surface area contributed by atoms with Crippen molar-refractivity contribution in [1.29, 1.82) is 0 Å². The van der Waals surface area contributed by atoms with Gasteiger partial charge in [0.25, 0.3) is 11.8 Å². The highest BCUT2D eigenvalue weighted by Gasteiger charge is 2.30. The molecule has 2 amide bonds. The molecule has 10 heteroatoms. The lowest BCUT2D eigenvalue weighted by molar-refractivity contribution is -0.0241. The van der Waals surface area contributed by atoms with Crippen LogP contribution in [0.15, 0.2) is 12.1 Å². The van der Waals surface area contributed by atoms with Gasteiger partial charge < -0.3 is 29.8 Å². The Morgan fingerprint density at radius 2 is 2.16 bits per heavy atom. The van der Waals surface area contributed by atoms with E-state index in [1.54, 1.807) is 0 Å². The van der Waals surface area contributed by atoms with Crippen molar-refractivity contribution in [1.82, 2.24) is 14.9 Å². The Morgan fingerprint density at radius 3 is 2.75 bits per heavy atom. The number of methoxy groups -OCH3 is 2. The van der Waals surface area contributed by atoms with Crippen LogP contribution in [0.4, 0.5) is 4.39 Å². The number of nitrogens with one attached hydrogen (secondary N) is 1. The molecule has 32 heavy (non-hydrogen) atoms. The summed E-state index contributed by atoms with van der Waals surface area (Å²) in [6.45, 7) is 2.46. The molecular weight excluding hydrogens is 419 g/mol. The molecule has 1 unspecified atom stereocenters. The summed E-state index contributed by atoms with van der Waals surface area (Å²) in [6.07, 6.45) is 0.530. The molecule has 2 aromatic rings. The third kappa shape index (κ3) is 4.17. The van der Waals surface area contributed by atoms with Gasteiger partial charge in [-0.2, -0.15) is 0 Å². The highest BCUT2D eigenvalue weighted by atomic mass is 19.1. The third-order valence-electron chi connectivity index (χ3n) is 5.29. The second-order valence-corrected chi connectivity index (χ2v) is 7.14. The molecule has 3 N–H and O–H groups in total. The van der Waals surface area contributed by atoms with Gasteiger partial charge in [0.05, 0.1) is 24.3 Å². The number of hydrogen-bond acceptors (Lipinski definition) is 6. The van der Waals surface area contributed by atoms with E-state index in [1.165, 1.54) is 38.0 Å². The second-order valence-electron chi connectivity index (χ2n) is 7.14. The van der Waals surface area contributed by atoms with Gasteiger partial charge in [0, 0.05) is 27.3 Å². The number of aromatic nitrogens is 2. The van der Waals surface area contributed by atoms with Crippen molar-refractivity contribution < 1.29 is 28.2 Å². The van der Waals surface area contributed by atoms with Crippen LogP contribution in [0.5, 0.6) is 5.75 Å². The van der Waals surface area contributed by atoms with E-state index in [2.05, 4.69) is 22.1 Å². The van der Waals surface area contributed by atoms with E-state index >= 15 is 0 Å². The maximum Gasteiger partial charge on any atom is 0.270 e. The number of benzene rings is 1. The molecule has 1 aliphatic heterocycles. The summed E-state index contributed by atoms with van der Waals surface area (Å²) in [6, 6.07) is 2.69. The minimum absolute atomic E-state index is 0.0212. The van der Waals surface area contributed by atoms with E-state index in [4.69, 9.17) is 19.9 Å². The summed E-state index contributed by atoms with van der Waals surface area (Å²) in [7, 11) is 4.49. The number of hydrogen-bond donors (Lipinski definition) is 2. The van der Waals surface area contributed by atoms with E-state index in [-0.39, 0.29) is 48.3 Å². The Kier molecular flexibility index (Phi) is 6.81. The molecule has 1 atom stereocenters. The van der Waals surface area contributed by atoms with Gasteiger partial charge in [0.2, 0.25) is 0 Å². The predicted octanol–water partition coefficient (Wildman–Crippen LogP) is 1.33. The SMILES string of the molecule is CCC(C#Cc1cc2c(cc1F)OCCn1c-2nc(C(N)=O)c1C(=O)NC)(COC)OC. The van der Waals surface area contributed by atoms with E-state index in [0.717, 1.165) is 0 Å². The van der Waals surface area contributed by atoms with Crippen molar-refractivity contribution in [2.24, 2.45) is 5.73 Å². The number of primary amides is 1. The quantitative estimate of drug-likeness (QED) is 0.649. The van der Waals surface area contributed by atoms with Crippen molar-refractivity contribution >= 4 is 11.8 Å². The standard InChI is InChI=1S/C22H25FN4O5/c1-5-22(31-4,12-30-3)7-6-13-10-14-16(11-15(13)23)32-9-8-27-18(21(29)25-2)17(19(24)28)26-20(14)27/h10-11H,5,8-9,12H2,1-4H3,(H2,24,28)(H,25,29). The molecule has 0 fully saturated rings. The summed E-state index contributed by atoms with van der Waals surface area (Å²) in [5.41, 5.74) is 4.87. The average molecular weight is 444 g/mol. The predicted molar refractivity (Wildman–Crippen MR) is 114 cm³/mol. The van der Waals surface area contributed by atoms with Crippen LogP contribution in [0.1, 0.15) is 39.9 Å². The number of amides is 2. The van der Waals surface area contributed by atoms with Gasteiger partial charge in [0.1, 0.15) is 29.7 Å². The van der Waals surface area contributed by atoms with Crippen LogP contribution in [0, 0.1) is 17.7 Å². The molecule has 0 aliphatic carbocycles. The van der Waals surface area contributed by atoms with E-state index < -0.39 is 23.2 Å². The van der Waals surface area contributed by atoms with Crippen molar-refractivity contribution in [3.63, 3.8) is 0 Å². The highest BCUT2D eigenvalue weighted by Crippen LogP contribution is 2.35. The maximum absolute atomic E-state index is 14.8. The molecule has 1 aliphatic rings. The Bertz CT molecular complexity index is 1110. The number of rotatable bonds is 6. The number of nitrogens with zero attached hydrogens (tertiary/aromatic N) is 2. The first-order valence-corrected chi connectivity index (χ1v) is 9.97. The highest BCUT2D eigenvalue weighted by molar-refractivity contribution is 6.05. The van der Waals surface area contributed by atoms with Crippen LogP contribution < -0.4 is 15.8 Å². The molecular formula is C22H25FN4O5. The molecule has 0 saturated carbocycles. The molecule has 2 heterocycles. The lowest BCUT2D eigenvalue weighted by Crippen LogP contribution is -2.34. The molecule has 0 spiro atoms. The first-order valence-electron chi connectivity index (χ1n) is 9.97. The summed E-state index contributed by atoms with van der Waals surface area (Å²) in [5, 5.41) is 2.48. The average Bonchev–Trinajstić information content (AvgIpc) is 3.08. The summed E-state index contributed by atoms with van der Waals surface area (Å²) < 4.78 is 32.7. The maximum atomic E-state index is 14.8. The van der Waals surface area contributed by atoms with Crippen LogP contribution in [0.2, 0.25) is 0 Å². The van der Waals surface area contributed by atoms with Crippen molar-refractivity contribution in [2.75, 3.05) is 34.5 Å². The summed E-state index contributed by atoms with van der Waals surface area (Å²) in [5.74, 6) is 4.32. The Hall–Kier alpha value is -3.42. The number of ether oxygens (including phenoxy) is 3. The Morgan fingerprint density at radius 1 is 1.41 bits per heavy atom. The zero-order chi connectivity index (χ0) is 23.5. The lowest BCUT2D eigenvalue weighted by atomic mass is 10.0. The molecule has 0 radical (unpaired) electrons. The van der Waals surface area contributed by atoms with Crippen LogP contribution in [0.3, 0.4) is 0 Å². The van der Waals surface area contributed by atoms with Crippen LogP contribution in [-0.2, 0) is 16.0 Å². The van der Waals surface area contributed by atoms with Crippen LogP contribution in [-0.4, -0.2) is 61.4 Å². The molecule has 1 aromatic carbocycles. The number of fused-ring (bicyclic) bond motifs is 3. The molecule has 1 aromatic heterocycles. The molecule has 170 valence electrons. The fourth-order valence-corrected chi connectivity index (χ4v) is 3.48. The summed E-state index contributed by atoms with van der Waals surface area (Å²) in [4.78, 5) is 28.7. The van der Waals surface area contributed by atoms with Crippen molar-refractivity contribution in [2.45, 2.75) is 25.5 Å². The lowest BCUT2D eigenvalue weighted by Gasteiger charge is -2.24. The first kappa shape index (κ1) is 23.2. The minimum atomic E-state index is -0.894. The monoisotopic (exact) mass is 444 g/mol. The number of imidazole rings is 1. The van der Waals surface area contributed by atoms with Crippen LogP contribution in [0.25, 0.3) is 11.4 Å². The molecule has 0 saturated heterocycles. The minimum Gasteiger partial charge on any atom is -0.491 e. The van der Waals surface area contributed by atoms with Gasteiger partial charge in [-0.05, 0) is 12.5 Å². The molecule has 9 nitrogen and oxygen atoms in total. The number of nitrogens with two attached hydrogens (primary N) is 1. The second kappa shape index (κ2) is 9.38. The van der Waals surface area contributed by atoms with Gasteiger partial charge in [-0.25, -0.2) is 9.37 Å². The smallest absolute Gasteiger partial charge is 0.270 e. The number of carbonyl (C=O) groups is 2. The van der Waals surface area contributed by atoms with Crippen LogP contribution >= 0.6 is 0 Å². The first-order chi connectivity index (χ1) is 15.3. The number of halogens is 1. The zero-order valence-corrected chi connectivity index (χ0v) is 18.4. The van der Waals surface area contributed by atoms with Gasteiger partial charge in [0.15, 0.2) is 11.3 Å². The summed E-state index contributed by atoms with van der Waals surface area (Å²) >= 11 is 0. The normalized spacial score (nSPS) is 14.0. The van der Waals surface area contributed by atoms with Crippen molar-refractivity contribution in [3.05, 3.63) is 34.9 Å². The van der Waals surface area contributed by atoms with E-state index in [1.807, 2.05) is 6.92 Å². The Balaban J connectivity index is 2.20. The number of carbonyl (C=O) groups excluding carboxylic acids is 2. The zero-order valence-electron chi connectivity index (χ0n) is 18.4. The largest absolute Gasteiger partial charge is 0.491 e. The fraction of sp³-hybridized carbons (Fsp3) is 0.409. The van der Waals surface area contributed by atoms with E-state index in [0.29, 0.717) is 12.0 Å². The third-order valence-corrected chi connectivity index (χ3v) is 5.29. The van der Waals surface area contributed by atoms with Crippen molar-refractivity contribution in [3.8, 4) is 29.0 Å².